The summed E-state index contributed by atoms with van der Waals surface area (Å²) in [5.74, 6) is -12.6. The topological polar surface area (TPSA) is 556 Å². The maximum Gasteiger partial charge on any atom is 0.490 e. The van der Waals surface area contributed by atoms with Crippen LogP contribution in [0.25, 0.3) is 0 Å². The van der Waals surface area contributed by atoms with E-state index in [1.807, 2.05) is 20.1 Å². The Balaban J connectivity index is 0.00000366. The number of benzene rings is 2. The number of aliphatic carboxylic acids is 1. The largest absolute Gasteiger partial charge is 0.490 e. The highest BCUT2D eigenvalue weighted by atomic mass is 32.2. The van der Waals surface area contributed by atoms with E-state index >= 15 is 0 Å². The van der Waals surface area contributed by atoms with E-state index in [0.717, 1.165) is 0 Å². The highest BCUT2D eigenvalue weighted by Gasteiger charge is 2.43. The first-order valence-electron chi connectivity index (χ1n) is 33.4. The summed E-state index contributed by atoms with van der Waals surface area (Å²) in [5.41, 5.74) is 40.6. The minimum Gasteiger partial charge on any atom is -0.475 e. The molecule has 566 valence electrons. The average Bonchev–Trinajstić information content (AvgIpc) is 1.61. The van der Waals surface area contributed by atoms with E-state index in [2.05, 4.69) is 47.5 Å². The maximum absolute atomic E-state index is 14.7. The number of nitrogens with two attached hydrogens (primary N) is 7. The highest BCUT2D eigenvalue weighted by molar-refractivity contribution is 7.98. The summed E-state index contributed by atoms with van der Waals surface area (Å²) in [6.07, 6.45) is -1.96. The molecule has 2 aliphatic heterocycles. The van der Waals surface area contributed by atoms with Crippen LogP contribution in [-0.2, 0) is 80.0 Å². The number of hydrogen-bond acceptors (Lipinski definition) is 18. The SMILES string of the molecule is CSCC[C@H](NC(=O)[C@H](CC(C)C)NC(=O)CNC(=O)[C@H](Cc1ccccc1)NC(=O)[C@H](Cc1ccccc1)NC(=O)[C@H](CCC(N)=O)NC(=O)[C@H](CCC(N)=O)NC(=O)[C@@H]1CCCN1C(=O)[C@H](CCCCN)NC(=O)[C@@H]1CCCN1C(=O)[C@@H](N)CCCN=C(N)N)C(N)=O.O=C(O)C(F)(F)F. The molecule has 0 radical (unpaired) electrons. The van der Waals surface area contributed by atoms with Crippen LogP contribution < -0.4 is 82.7 Å². The van der Waals surface area contributed by atoms with Crippen molar-refractivity contribution in [3.05, 3.63) is 71.8 Å². The third-order valence-corrected chi connectivity index (χ3v) is 16.9. The average molecular weight is 1460 g/mol. The number of carbonyl (C=O) groups is 14. The molecule has 0 unspecified atom stereocenters. The first-order chi connectivity index (χ1) is 48.2. The number of carbonyl (C=O) groups excluding carboxylic acids is 13. The monoisotopic (exact) mass is 1460 g/mol. The van der Waals surface area contributed by atoms with Gasteiger partial charge in [-0.25, -0.2) is 4.79 Å². The second-order valence-electron chi connectivity index (χ2n) is 24.9. The smallest absolute Gasteiger partial charge is 0.475 e. The summed E-state index contributed by atoms with van der Waals surface area (Å²) in [5, 5.41) is 28.2. The van der Waals surface area contributed by atoms with Gasteiger partial charge in [0.1, 0.15) is 54.4 Å². The first-order valence-corrected chi connectivity index (χ1v) is 34.8. The second-order valence-corrected chi connectivity index (χ2v) is 25.9. The molecule has 0 bridgehead atoms. The van der Waals surface area contributed by atoms with E-state index in [-0.39, 0.29) is 83.0 Å². The van der Waals surface area contributed by atoms with Crippen LogP contribution in [0, 0.1) is 5.92 Å². The molecule has 0 aliphatic carbocycles. The number of hydrogen-bond donors (Lipinski definition) is 16. The number of aliphatic imine (C=N–C) groups is 1. The summed E-state index contributed by atoms with van der Waals surface area (Å²) in [6.45, 7) is 3.86. The van der Waals surface area contributed by atoms with Gasteiger partial charge in [0.25, 0.3) is 0 Å². The molecule has 2 fully saturated rings. The quantitative estimate of drug-likeness (QED) is 0.0178. The number of rotatable bonds is 42. The number of primary amides is 3. The minimum atomic E-state index is -5.08. The number of unbranched alkanes of at least 4 members (excludes halogenated alkanes) is 1. The zero-order valence-corrected chi connectivity index (χ0v) is 58.3. The lowest BCUT2D eigenvalue weighted by Crippen LogP contribution is -2.60. The maximum atomic E-state index is 14.7. The van der Waals surface area contributed by atoms with Crippen LogP contribution >= 0.6 is 11.8 Å². The van der Waals surface area contributed by atoms with Crippen LogP contribution in [-0.4, -0.2) is 215 Å². The van der Waals surface area contributed by atoms with Crippen molar-refractivity contribution in [1.29, 1.82) is 0 Å². The Hall–Kier alpha value is -9.65. The van der Waals surface area contributed by atoms with Crippen molar-refractivity contribution in [2.75, 3.05) is 44.7 Å². The van der Waals surface area contributed by atoms with Crippen LogP contribution in [0.1, 0.15) is 121 Å². The lowest BCUT2D eigenvalue weighted by Gasteiger charge is -2.32. The molecule has 2 aromatic rings. The molecular weight excluding hydrogens is 1360 g/mol. The van der Waals surface area contributed by atoms with Crippen molar-refractivity contribution in [3.63, 3.8) is 0 Å². The molecule has 2 saturated heterocycles. The summed E-state index contributed by atoms with van der Waals surface area (Å²) in [6, 6.07) is 4.51. The predicted octanol–water partition coefficient (Wildman–Crippen LogP) is -3.08. The van der Waals surface area contributed by atoms with E-state index < -0.39 is 182 Å². The Kier molecular flexibility index (Phi) is 37.8. The van der Waals surface area contributed by atoms with Crippen LogP contribution in [0.15, 0.2) is 65.7 Å². The number of alkyl halides is 3. The molecule has 0 saturated carbocycles. The summed E-state index contributed by atoms with van der Waals surface area (Å²) < 4.78 is 31.7. The number of carboxylic acids is 1. The van der Waals surface area contributed by atoms with Gasteiger partial charge in [-0.1, -0.05) is 74.5 Å². The summed E-state index contributed by atoms with van der Waals surface area (Å²) in [4.78, 5) is 194. The molecule has 37 heteroatoms. The third-order valence-electron chi connectivity index (χ3n) is 16.3. The minimum absolute atomic E-state index is 0.0736. The van der Waals surface area contributed by atoms with Crippen molar-refractivity contribution < 1.29 is 85.4 Å². The summed E-state index contributed by atoms with van der Waals surface area (Å²) in [7, 11) is 0. The molecule has 23 N–H and O–H groups in total. The van der Waals surface area contributed by atoms with Crippen LogP contribution in [0.5, 0.6) is 0 Å². The molecule has 2 aliphatic rings. The van der Waals surface area contributed by atoms with E-state index in [1.165, 1.54) is 21.6 Å². The summed E-state index contributed by atoms with van der Waals surface area (Å²) >= 11 is 1.45. The number of guanidine groups is 1. The molecule has 2 heterocycles. The van der Waals surface area contributed by atoms with Crippen molar-refractivity contribution >= 4 is 100 Å². The number of nitrogens with zero attached hydrogens (tertiary/aromatic N) is 3. The molecule has 33 nitrogen and oxygen atoms in total. The Morgan fingerprint density at radius 2 is 1.02 bits per heavy atom. The van der Waals surface area contributed by atoms with E-state index in [9.17, 15) is 75.5 Å². The molecule has 0 spiro atoms. The van der Waals surface area contributed by atoms with Gasteiger partial charge in [-0.15, -0.1) is 0 Å². The number of likely N-dealkylation sites (tertiary alicyclic amines) is 2. The lowest BCUT2D eigenvalue weighted by atomic mass is 10.0. The lowest BCUT2D eigenvalue weighted by molar-refractivity contribution is -0.192. The van der Waals surface area contributed by atoms with Crippen LogP contribution in [0.4, 0.5) is 13.2 Å². The fraction of sp³-hybridized carbons (Fsp3) is 0.585. The Labute approximate surface area is 593 Å². The molecular formula is C65H99F3N18O15S. The standard InChI is InChI=1S/C63H98N18O13S.C2HF3O2/c1-37(2)33-45(57(89)74-41(53(68)85)27-32-95-3)73-52(84)36-72-54(86)46(34-38-15-6-4-7-16-38)78-58(90)47(35-39-17-8-5-9-18-39)79-56(88)42(23-25-50(66)82)75-55(87)43(24-26-51(67)83)76-59(91)49-22-14-31-81(49)62(94)44(20-10-11-28-64)77-60(92)48-21-13-30-80(48)61(93)40(65)19-12-29-71-63(69)70;3-2(4,5)1(6)7/h4-9,15-18,37,40-49H,10-14,19-36,64-65H2,1-3H3,(H2,66,82)(H2,67,83)(H2,68,85)(H,72,86)(H,73,84)(H,74,89)(H,75,87)(H,76,91)(H,77,92)(H,78,90)(H,79,88)(H4,69,70,71);(H,6,7)/t40-,41-,42-,43-,44-,45-,46-,47-,48-,49-;/m0./s1. The van der Waals surface area contributed by atoms with Gasteiger partial charge in [0.2, 0.25) is 76.8 Å². The molecule has 102 heavy (non-hydrogen) atoms. The second kappa shape index (κ2) is 44.6. The zero-order chi connectivity index (χ0) is 76.2. The Morgan fingerprint density at radius 1 is 0.569 bits per heavy atom. The van der Waals surface area contributed by atoms with Gasteiger partial charge >= 0.3 is 12.1 Å². The highest BCUT2D eigenvalue weighted by Crippen LogP contribution is 2.24. The fourth-order valence-electron chi connectivity index (χ4n) is 11.0. The molecule has 0 aromatic heterocycles. The van der Waals surface area contributed by atoms with Gasteiger partial charge in [0.05, 0.1) is 12.6 Å². The third kappa shape index (κ3) is 31.5. The molecule has 2 aromatic carbocycles. The van der Waals surface area contributed by atoms with Gasteiger partial charge < -0.3 is 97.6 Å². The van der Waals surface area contributed by atoms with E-state index in [0.29, 0.717) is 55.4 Å². The number of thioether (sulfide) groups is 1. The first kappa shape index (κ1) is 86.6. The fourth-order valence-corrected chi connectivity index (χ4v) is 11.5. The van der Waals surface area contributed by atoms with Gasteiger partial charge in [0, 0.05) is 45.3 Å². The number of amides is 13. The molecule has 10 atom stereocenters. The van der Waals surface area contributed by atoms with Gasteiger partial charge in [-0.2, -0.15) is 24.9 Å². The molecule has 13 amide bonds. The van der Waals surface area contributed by atoms with Crippen molar-refractivity contribution in [1.82, 2.24) is 52.3 Å². The van der Waals surface area contributed by atoms with E-state index in [4.69, 9.17) is 50.0 Å². The Bertz CT molecular complexity index is 3190. The predicted molar refractivity (Wildman–Crippen MR) is 369 cm³/mol. The number of nitrogens with one attached hydrogen (secondary N) is 8. The number of halogens is 3. The van der Waals surface area contributed by atoms with Gasteiger partial charge in [-0.05, 0) is 119 Å². The van der Waals surface area contributed by atoms with Crippen LogP contribution in [0.3, 0.4) is 0 Å². The number of carboxylic acid groups (broad SMARTS) is 1. The van der Waals surface area contributed by atoms with Crippen molar-refractivity contribution in [3.8, 4) is 0 Å². The zero-order valence-electron chi connectivity index (χ0n) is 57.5. The van der Waals surface area contributed by atoms with Gasteiger partial charge in [0.15, 0.2) is 5.96 Å². The van der Waals surface area contributed by atoms with Gasteiger partial charge in [-0.3, -0.25) is 67.3 Å². The Morgan fingerprint density at radius 3 is 1.48 bits per heavy atom. The van der Waals surface area contributed by atoms with Crippen LogP contribution in [0.2, 0.25) is 0 Å². The van der Waals surface area contributed by atoms with E-state index in [1.54, 1.807) is 60.7 Å². The van der Waals surface area contributed by atoms with Crippen molar-refractivity contribution in [2.45, 2.75) is 190 Å². The molecule has 4 rings (SSSR count). The normalized spacial score (nSPS) is 16.4. The van der Waals surface area contributed by atoms with Crippen molar-refractivity contribution in [2.24, 2.45) is 51.0 Å².